The Morgan fingerprint density at radius 3 is 2.26 bits per heavy atom. The lowest BCUT2D eigenvalue weighted by atomic mass is 10.0. The molecule has 2 aromatic rings. The van der Waals surface area contributed by atoms with Crippen LogP contribution < -0.4 is 10.2 Å². The average Bonchev–Trinajstić information content (AvgIpc) is 2.69. The maximum absolute atomic E-state index is 12.5. The molecule has 0 saturated carbocycles. The van der Waals surface area contributed by atoms with Gasteiger partial charge in [0.2, 0.25) is 0 Å². The summed E-state index contributed by atoms with van der Waals surface area (Å²) in [5, 5.41) is 3.76. The van der Waals surface area contributed by atoms with E-state index in [1.807, 2.05) is 14.1 Å². The van der Waals surface area contributed by atoms with Gasteiger partial charge in [-0.3, -0.25) is 9.69 Å². The summed E-state index contributed by atoms with van der Waals surface area (Å²) in [5.74, 6) is -0.0569. The molecule has 0 radical (unpaired) electrons. The third-order valence-electron chi connectivity index (χ3n) is 5.19. The number of likely N-dealkylation sites (tertiary alicyclic amines) is 1. The molecule has 1 fully saturated rings. The molecule has 1 atom stereocenters. The molecule has 1 saturated heterocycles. The second kappa shape index (κ2) is 9.25. The standard InChI is InChI=1S/C22H28ClN3O/c1-25(2)20-12-8-17(9-13-20)21(26-14-4-3-5-15-26)16-24-22(27)18-6-10-19(23)11-7-18/h6-13,21H,3-5,14-16H2,1-2H3,(H,24,27). The number of amides is 1. The van der Waals surface area contributed by atoms with E-state index in [0.717, 1.165) is 13.1 Å². The van der Waals surface area contributed by atoms with Gasteiger partial charge in [-0.25, -0.2) is 0 Å². The molecule has 144 valence electrons. The Bertz CT molecular complexity index is 737. The summed E-state index contributed by atoms with van der Waals surface area (Å²) < 4.78 is 0. The van der Waals surface area contributed by atoms with Crippen LogP contribution >= 0.6 is 11.6 Å². The van der Waals surface area contributed by atoms with Crippen LogP contribution in [0.25, 0.3) is 0 Å². The van der Waals surface area contributed by atoms with Crippen molar-refractivity contribution in [1.82, 2.24) is 10.2 Å². The van der Waals surface area contributed by atoms with Crippen molar-refractivity contribution >= 4 is 23.2 Å². The van der Waals surface area contributed by atoms with Gasteiger partial charge in [0.25, 0.3) is 5.91 Å². The SMILES string of the molecule is CN(C)c1ccc(C(CNC(=O)c2ccc(Cl)cc2)N2CCCCC2)cc1. The Morgan fingerprint density at radius 1 is 1.04 bits per heavy atom. The summed E-state index contributed by atoms with van der Waals surface area (Å²) in [7, 11) is 4.09. The van der Waals surface area contributed by atoms with Gasteiger partial charge < -0.3 is 10.2 Å². The number of carbonyl (C=O) groups is 1. The van der Waals surface area contributed by atoms with Crippen LogP contribution in [-0.2, 0) is 0 Å². The van der Waals surface area contributed by atoms with Crippen LogP contribution in [0.3, 0.4) is 0 Å². The fraction of sp³-hybridized carbons (Fsp3) is 0.409. The first-order valence-electron chi connectivity index (χ1n) is 9.60. The lowest BCUT2D eigenvalue weighted by Gasteiger charge is -2.35. The number of nitrogens with one attached hydrogen (secondary N) is 1. The molecular weight excluding hydrogens is 358 g/mol. The number of hydrogen-bond acceptors (Lipinski definition) is 3. The summed E-state index contributed by atoms with van der Waals surface area (Å²) in [6.45, 7) is 2.76. The largest absolute Gasteiger partial charge is 0.378 e. The topological polar surface area (TPSA) is 35.6 Å². The molecule has 0 aliphatic carbocycles. The Morgan fingerprint density at radius 2 is 1.67 bits per heavy atom. The van der Waals surface area contributed by atoms with Crippen LogP contribution in [0.1, 0.15) is 41.2 Å². The fourth-order valence-electron chi connectivity index (χ4n) is 3.58. The van der Waals surface area contributed by atoms with Crippen LogP contribution in [0, 0.1) is 0 Å². The zero-order valence-electron chi connectivity index (χ0n) is 16.1. The molecular formula is C22H28ClN3O. The average molecular weight is 386 g/mol. The molecule has 27 heavy (non-hydrogen) atoms. The number of benzene rings is 2. The summed E-state index contributed by atoms with van der Waals surface area (Å²) >= 11 is 5.92. The van der Waals surface area contributed by atoms with Gasteiger partial charge in [0, 0.05) is 36.9 Å². The van der Waals surface area contributed by atoms with E-state index in [-0.39, 0.29) is 11.9 Å². The van der Waals surface area contributed by atoms with Crippen LogP contribution in [0.5, 0.6) is 0 Å². The van der Waals surface area contributed by atoms with Crippen molar-refractivity contribution in [3.63, 3.8) is 0 Å². The second-order valence-electron chi connectivity index (χ2n) is 7.32. The molecule has 0 bridgehead atoms. The summed E-state index contributed by atoms with van der Waals surface area (Å²) in [4.78, 5) is 17.1. The third kappa shape index (κ3) is 5.24. The van der Waals surface area contributed by atoms with Gasteiger partial charge in [-0.05, 0) is 67.9 Å². The van der Waals surface area contributed by atoms with Crippen molar-refractivity contribution < 1.29 is 4.79 Å². The zero-order chi connectivity index (χ0) is 19.2. The highest BCUT2D eigenvalue weighted by molar-refractivity contribution is 6.30. The predicted octanol–water partition coefficient (Wildman–Crippen LogP) is 4.36. The highest BCUT2D eigenvalue weighted by Crippen LogP contribution is 2.26. The number of piperidine rings is 1. The van der Waals surface area contributed by atoms with Crippen molar-refractivity contribution in [2.24, 2.45) is 0 Å². The maximum atomic E-state index is 12.5. The summed E-state index contributed by atoms with van der Waals surface area (Å²) in [6, 6.07) is 15.9. The van der Waals surface area contributed by atoms with Gasteiger partial charge in [0.15, 0.2) is 0 Å². The maximum Gasteiger partial charge on any atom is 0.251 e. The van der Waals surface area contributed by atoms with Crippen LogP contribution in [0.15, 0.2) is 48.5 Å². The van der Waals surface area contributed by atoms with Crippen molar-refractivity contribution in [3.8, 4) is 0 Å². The molecule has 1 unspecified atom stereocenters. The molecule has 1 aliphatic heterocycles. The molecule has 1 heterocycles. The van der Waals surface area contributed by atoms with E-state index in [0.29, 0.717) is 17.1 Å². The van der Waals surface area contributed by atoms with Gasteiger partial charge in [0.1, 0.15) is 0 Å². The van der Waals surface area contributed by atoms with E-state index >= 15 is 0 Å². The molecule has 1 N–H and O–H groups in total. The van der Waals surface area contributed by atoms with E-state index in [4.69, 9.17) is 11.6 Å². The van der Waals surface area contributed by atoms with Crippen molar-refractivity contribution in [2.45, 2.75) is 25.3 Å². The quantitative estimate of drug-likeness (QED) is 0.802. The number of rotatable bonds is 6. The molecule has 1 aliphatic rings. The first-order valence-corrected chi connectivity index (χ1v) is 9.97. The number of halogens is 1. The Labute approximate surface area is 167 Å². The van der Waals surface area contributed by atoms with Crippen LogP contribution in [-0.4, -0.2) is 44.5 Å². The monoisotopic (exact) mass is 385 g/mol. The fourth-order valence-corrected chi connectivity index (χ4v) is 3.70. The van der Waals surface area contributed by atoms with Gasteiger partial charge >= 0.3 is 0 Å². The third-order valence-corrected chi connectivity index (χ3v) is 5.44. The number of hydrogen-bond donors (Lipinski definition) is 1. The van der Waals surface area contributed by atoms with Crippen LogP contribution in [0.2, 0.25) is 5.02 Å². The molecule has 1 amide bonds. The van der Waals surface area contributed by atoms with E-state index in [1.54, 1.807) is 24.3 Å². The molecule has 0 spiro atoms. The van der Waals surface area contributed by atoms with Crippen molar-refractivity contribution in [2.75, 3.05) is 38.6 Å². The van der Waals surface area contributed by atoms with Crippen molar-refractivity contribution in [3.05, 3.63) is 64.7 Å². The van der Waals surface area contributed by atoms with Gasteiger partial charge in [-0.1, -0.05) is 30.2 Å². The lowest BCUT2D eigenvalue weighted by Crippen LogP contribution is -2.40. The van der Waals surface area contributed by atoms with E-state index in [2.05, 4.69) is 39.4 Å². The molecule has 4 nitrogen and oxygen atoms in total. The predicted molar refractivity (Wildman–Crippen MR) is 113 cm³/mol. The molecule has 3 rings (SSSR count). The van der Waals surface area contributed by atoms with Gasteiger partial charge in [-0.15, -0.1) is 0 Å². The highest BCUT2D eigenvalue weighted by atomic mass is 35.5. The first kappa shape index (κ1) is 19.7. The molecule has 0 aromatic heterocycles. The van der Waals surface area contributed by atoms with Crippen molar-refractivity contribution in [1.29, 1.82) is 0 Å². The van der Waals surface area contributed by atoms with Gasteiger partial charge in [0.05, 0.1) is 6.04 Å². The van der Waals surface area contributed by atoms with E-state index in [1.165, 1.54) is 30.5 Å². The molecule has 5 heteroatoms. The first-order chi connectivity index (χ1) is 13.0. The zero-order valence-corrected chi connectivity index (χ0v) is 16.9. The Kier molecular flexibility index (Phi) is 6.75. The number of nitrogens with zero attached hydrogens (tertiary/aromatic N) is 2. The number of carbonyl (C=O) groups excluding carboxylic acids is 1. The molecule has 2 aromatic carbocycles. The van der Waals surface area contributed by atoms with E-state index in [9.17, 15) is 4.79 Å². The van der Waals surface area contributed by atoms with Gasteiger partial charge in [-0.2, -0.15) is 0 Å². The minimum Gasteiger partial charge on any atom is -0.378 e. The minimum absolute atomic E-state index is 0.0569. The lowest BCUT2D eigenvalue weighted by molar-refractivity contribution is 0.0924. The Balaban J connectivity index is 1.73. The minimum atomic E-state index is -0.0569. The second-order valence-corrected chi connectivity index (χ2v) is 7.75. The summed E-state index contributed by atoms with van der Waals surface area (Å²) in [5.41, 5.74) is 3.07. The Hall–Kier alpha value is -2.04. The van der Waals surface area contributed by atoms with E-state index < -0.39 is 0 Å². The normalized spacial score (nSPS) is 16.0. The number of anilines is 1. The highest BCUT2D eigenvalue weighted by Gasteiger charge is 2.23. The van der Waals surface area contributed by atoms with Crippen LogP contribution in [0.4, 0.5) is 5.69 Å². The smallest absolute Gasteiger partial charge is 0.251 e. The summed E-state index contributed by atoms with van der Waals surface area (Å²) in [6.07, 6.45) is 3.73.